The molecule has 1 aliphatic rings. The lowest BCUT2D eigenvalue weighted by atomic mass is 9.97. The van der Waals surface area contributed by atoms with E-state index in [1.54, 1.807) is 4.90 Å². The van der Waals surface area contributed by atoms with E-state index in [4.69, 9.17) is 0 Å². The fourth-order valence-electron chi connectivity index (χ4n) is 2.94. The first-order chi connectivity index (χ1) is 11.1. The highest BCUT2D eigenvalue weighted by Gasteiger charge is 2.30. The van der Waals surface area contributed by atoms with Gasteiger partial charge in [0.15, 0.2) is 0 Å². The molecule has 2 heterocycles. The Balaban J connectivity index is 1.85. The van der Waals surface area contributed by atoms with Crippen LogP contribution in [0, 0.1) is 12.8 Å². The van der Waals surface area contributed by atoms with Gasteiger partial charge in [0.1, 0.15) is 0 Å². The average Bonchev–Trinajstić information content (AvgIpc) is 3.04. The number of benzene rings is 1. The van der Waals surface area contributed by atoms with Gasteiger partial charge in [-0.2, -0.15) is 0 Å². The van der Waals surface area contributed by atoms with Gasteiger partial charge in [-0.1, -0.05) is 29.8 Å². The predicted molar refractivity (Wildman–Crippen MR) is 90.8 cm³/mol. The lowest BCUT2D eigenvalue weighted by Crippen LogP contribution is -2.42. The maximum absolute atomic E-state index is 12.8. The molecular formula is C18H19NO3S. The fraction of sp³-hybridized carbons (Fsp3) is 0.333. The Morgan fingerprint density at radius 2 is 1.96 bits per heavy atom. The topological polar surface area (TPSA) is 57.6 Å². The van der Waals surface area contributed by atoms with Crippen molar-refractivity contribution in [3.63, 3.8) is 0 Å². The second-order valence-electron chi connectivity index (χ2n) is 5.96. The Labute approximate surface area is 139 Å². The van der Waals surface area contributed by atoms with Crippen LogP contribution in [0.2, 0.25) is 0 Å². The number of rotatable bonds is 3. The van der Waals surface area contributed by atoms with Gasteiger partial charge in [-0.05, 0) is 36.8 Å². The van der Waals surface area contributed by atoms with E-state index in [2.05, 4.69) is 0 Å². The van der Waals surface area contributed by atoms with Crippen molar-refractivity contribution in [2.24, 2.45) is 5.92 Å². The number of piperidine rings is 1. The van der Waals surface area contributed by atoms with E-state index < -0.39 is 11.9 Å². The third kappa shape index (κ3) is 3.29. The Bertz CT molecular complexity index is 720. The molecule has 1 N–H and O–H groups in total. The lowest BCUT2D eigenvalue weighted by molar-refractivity contribution is -0.143. The first kappa shape index (κ1) is 15.7. The number of hydrogen-bond acceptors (Lipinski definition) is 3. The van der Waals surface area contributed by atoms with Gasteiger partial charge in [0, 0.05) is 18.7 Å². The minimum absolute atomic E-state index is 0.0541. The van der Waals surface area contributed by atoms with E-state index in [0.29, 0.717) is 24.4 Å². The van der Waals surface area contributed by atoms with Crippen molar-refractivity contribution in [2.75, 3.05) is 13.1 Å². The molecule has 23 heavy (non-hydrogen) atoms. The monoisotopic (exact) mass is 329 g/mol. The number of hydrogen-bond donors (Lipinski definition) is 1. The molecule has 0 saturated carbocycles. The maximum Gasteiger partial charge on any atom is 0.308 e. The number of likely N-dealkylation sites (tertiary alicyclic amines) is 1. The molecule has 1 unspecified atom stereocenters. The van der Waals surface area contributed by atoms with Crippen LogP contribution in [0.3, 0.4) is 0 Å². The van der Waals surface area contributed by atoms with E-state index in [1.807, 2.05) is 42.6 Å². The van der Waals surface area contributed by atoms with Gasteiger partial charge in [0.2, 0.25) is 0 Å². The fourth-order valence-corrected chi connectivity index (χ4v) is 3.83. The average molecular weight is 329 g/mol. The molecule has 0 bridgehead atoms. The number of thiophene rings is 1. The van der Waals surface area contributed by atoms with Crippen molar-refractivity contribution in [2.45, 2.75) is 19.8 Å². The van der Waals surface area contributed by atoms with Gasteiger partial charge >= 0.3 is 5.97 Å². The zero-order chi connectivity index (χ0) is 16.4. The van der Waals surface area contributed by atoms with Gasteiger partial charge in [-0.25, -0.2) is 0 Å². The van der Waals surface area contributed by atoms with Crippen LogP contribution >= 0.6 is 11.3 Å². The number of carbonyl (C=O) groups is 2. The molecule has 3 rings (SSSR count). The minimum Gasteiger partial charge on any atom is -0.481 e. The summed E-state index contributed by atoms with van der Waals surface area (Å²) in [6, 6.07) is 10.1. The molecule has 0 aliphatic carbocycles. The first-order valence-corrected chi connectivity index (χ1v) is 8.61. The molecule has 2 aromatic rings. The van der Waals surface area contributed by atoms with E-state index in [-0.39, 0.29) is 5.91 Å². The van der Waals surface area contributed by atoms with Crippen LogP contribution in [-0.2, 0) is 4.79 Å². The highest BCUT2D eigenvalue weighted by molar-refractivity contribution is 7.12. The summed E-state index contributed by atoms with van der Waals surface area (Å²) >= 11 is 1.42. The van der Waals surface area contributed by atoms with E-state index in [1.165, 1.54) is 16.9 Å². The molecule has 1 fully saturated rings. The molecule has 0 spiro atoms. The second-order valence-corrected chi connectivity index (χ2v) is 6.87. The summed E-state index contributed by atoms with van der Waals surface area (Å²) < 4.78 is 0. The van der Waals surface area contributed by atoms with Gasteiger partial charge < -0.3 is 10.0 Å². The van der Waals surface area contributed by atoms with E-state index in [0.717, 1.165) is 17.5 Å². The summed E-state index contributed by atoms with van der Waals surface area (Å²) in [5.74, 6) is -1.32. The third-order valence-corrected chi connectivity index (χ3v) is 5.18. The predicted octanol–water partition coefficient (Wildman–Crippen LogP) is 3.66. The molecule has 1 atom stereocenters. The molecule has 1 aromatic carbocycles. The molecule has 4 nitrogen and oxygen atoms in total. The standard InChI is InChI=1S/C18H19NO3S/c1-12-4-6-13(7-5-12)15-8-10-23-16(15)17(20)19-9-2-3-14(11-19)18(21)22/h4-8,10,14H,2-3,9,11H2,1H3,(H,21,22). The van der Waals surface area contributed by atoms with Crippen molar-refractivity contribution in [1.29, 1.82) is 0 Å². The number of aliphatic carboxylic acids is 1. The van der Waals surface area contributed by atoms with Crippen LogP contribution in [0.1, 0.15) is 28.1 Å². The molecular weight excluding hydrogens is 310 g/mol. The van der Waals surface area contributed by atoms with Gasteiger partial charge in [0.05, 0.1) is 10.8 Å². The van der Waals surface area contributed by atoms with Crippen LogP contribution in [-0.4, -0.2) is 35.0 Å². The maximum atomic E-state index is 12.8. The summed E-state index contributed by atoms with van der Waals surface area (Å²) in [6.07, 6.45) is 1.39. The second kappa shape index (κ2) is 6.54. The van der Waals surface area contributed by atoms with Crippen LogP contribution in [0.15, 0.2) is 35.7 Å². The third-order valence-electron chi connectivity index (χ3n) is 4.28. The van der Waals surface area contributed by atoms with Gasteiger partial charge in [0.25, 0.3) is 5.91 Å². The molecule has 1 aliphatic heterocycles. The molecule has 120 valence electrons. The van der Waals surface area contributed by atoms with Crippen LogP contribution in [0.25, 0.3) is 11.1 Å². The SMILES string of the molecule is Cc1ccc(-c2ccsc2C(=O)N2CCCC(C(=O)O)C2)cc1. The summed E-state index contributed by atoms with van der Waals surface area (Å²) in [5, 5.41) is 11.1. The highest BCUT2D eigenvalue weighted by atomic mass is 32.1. The zero-order valence-electron chi connectivity index (χ0n) is 13.0. The zero-order valence-corrected chi connectivity index (χ0v) is 13.8. The first-order valence-electron chi connectivity index (χ1n) is 7.73. The molecule has 1 aromatic heterocycles. The highest BCUT2D eigenvalue weighted by Crippen LogP contribution is 2.31. The lowest BCUT2D eigenvalue weighted by Gasteiger charge is -2.30. The molecule has 0 radical (unpaired) electrons. The Morgan fingerprint density at radius 1 is 1.22 bits per heavy atom. The number of carboxylic acids is 1. The number of carbonyl (C=O) groups excluding carboxylic acids is 1. The Morgan fingerprint density at radius 3 is 2.65 bits per heavy atom. The van der Waals surface area contributed by atoms with Crippen molar-refractivity contribution >= 4 is 23.2 Å². The Kier molecular flexibility index (Phi) is 4.48. The van der Waals surface area contributed by atoms with Gasteiger partial charge in [-0.3, -0.25) is 9.59 Å². The largest absolute Gasteiger partial charge is 0.481 e. The van der Waals surface area contributed by atoms with Gasteiger partial charge in [-0.15, -0.1) is 11.3 Å². The van der Waals surface area contributed by atoms with Crippen molar-refractivity contribution in [1.82, 2.24) is 4.90 Å². The summed E-state index contributed by atoms with van der Waals surface area (Å²) in [7, 11) is 0. The van der Waals surface area contributed by atoms with Crippen molar-refractivity contribution in [3.8, 4) is 11.1 Å². The number of aryl methyl sites for hydroxylation is 1. The van der Waals surface area contributed by atoms with E-state index in [9.17, 15) is 14.7 Å². The molecule has 1 saturated heterocycles. The number of amides is 1. The van der Waals surface area contributed by atoms with Crippen LogP contribution < -0.4 is 0 Å². The summed E-state index contributed by atoms with van der Waals surface area (Å²) in [4.78, 5) is 26.4. The summed E-state index contributed by atoms with van der Waals surface area (Å²) in [6.45, 7) is 2.97. The van der Waals surface area contributed by atoms with Crippen LogP contribution in [0.5, 0.6) is 0 Å². The molecule has 5 heteroatoms. The number of carboxylic acid groups (broad SMARTS) is 1. The summed E-state index contributed by atoms with van der Waals surface area (Å²) in [5.41, 5.74) is 3.13. The smallest absolute Gasteiger partial charge is 0.308 e. The van der Waals surface area contributed by atoms with Crippen LogP contribution in [0.4, 0.5) is 0 Å². The van der Waals surface area contributed by atoms with Crippen molar-refractivity contribution < 1.29 is 14.7 Å². The Hall–Kier alpha value is -2.14. The van der Waals surface area contributed by atoms with Crippen molar-refractivity contribution in [3.05, 3.63) is 46.2 Å². The quantitative estimate of drug-likeness (QED) is 0.935. The number of nitrogens with zero attached hydrogens (tertiary/aromatic N) is 1. The normalized spacial score (nSPS) is 18.0. The molecule has 1 amide bonds. The van der Waals surface area contributed by atoms with E-state index >= 15 is 0 Å². The minimum atomic E-state index is -0.813.